The van der Waals surface area contributed by atoms with Crippen molar-refractivity contribution in [3.8, 4) is 0 Å². The largest absolute Gasteiger partial charge is 0.678 e. The third kappa shape index (κ3) is 8.63. The lowest BCUT2D eigenvalue weighted by atomic mass is 10.8. The van der Waals surface area contributed by atoms with Gasteiger partial charge < -0.3 is 26.6 Å². The van der Waals surface area contributed by atoms with E-state index in [1.54, 1.807) is 14.2 Å². The maximum absolute atomic E-state index is 4.99. The van der Waals surface area contributed by atoms with E-state index in [0.717, 1.165) is 6.04 Å². The second-order valence-corrected chi connectivity index (χ2v) is 7.65. The summed E-state index contributed by atoms with van der Waals surface area (Å²) >= 11 is 0. The van der Waals surface area contributed by atoms with Gasteiger partial charge in [0.25, 0.3) is 0 Å². The minimum absolute atomic E-state index is 0.882. The molecule has 0 heterocycles. The van der Waals surface area contributed by atoms with Crippen LogP contribution in [-0.2, 0) is 26.6 Å². The molecule has 0 bridgehead atoms. The predicted octanol–water partition coefficient (Wildman–Crippen LogP) is 0.693. The molecule has 0 spiro atoms. The molecule has 17 heavy (non-hydrogen) atoms. The average molecular weight is 284 g/mol. The summed E-state index contributed by atoms with van der Waals surface area (Å²) in [4.78, 5) is 0. The summed E-state index contributed by atoms with van der Waals surface area (Å²) in [6, 6.07) is 0.882. The highest BCUT2D eigenvalue weighted by atomic mass is 28.4. The van der Waals surface area contributed by atoms with Gasteiger partial charge in [0.05, 0.1) is 0 Å². The lowest BCUT2D eigenvalue weighted by Gasteiger charge is -2.19. The van der Waals surface area contributed by atoms with Gasteiger partial charge in [-0.1, -0.05) is 6.08 Å². The lowest BCUT2D eigenvalue weighted by Crippen LogP contribution is -2.45. The molecular formula is C9H24O6Si2. The van der Waals surface area contributed by atoms with Crippen LogP contribution in [0.5, 0.6) is 0 Å². The summed E-state index contributed by atoms with van der Waals surface area (Å²) < 4.78 is 29.4. The normalized spacial score (nSPS) is 11.0. The van der Waals surface area contributed by atoms with Crippen LogP contribution >= 0.6 is 0 Å². The van der Waals surface area contributed by atoms with E-state index in [1.807, 2.05) is 6.08 Å². The van der Waals surface area contributed by atoms with Gasteiger partial charge in [-0.05, 0) is 0 Å². The first-order chi connectivity index (χ1) is 8.09. The second kappa shape index (κ2) is 12.4. The quantitative estimate of drug-likeness (QED) is 0.483. The van der Waals surface area contributed by atoms with Crippen molar-refractivity contribution in [2.45, 2.75) is 6.04 Å². The van der Waals surface area contributed by atoms with E-state index in [0.29, 0.717) is 0 Å². The van der Waals surface area contributed by atoms with Crippen molar-refractivity contribution in [2.24, 2.45) is 0 Å². The monoisotopic (exact) mass is 284 g/mol. The van der Waals surface area contributed by atoms with E-state index in [9.17, 15) is 0 Å². The van der Waals surface area contributed by atoms with Crippen molar-refractivity contribution < 1.29 is 26.6 Å². The van der Waals surface area contributed by atoms with Crippen LogP contribution in [0.1, 0.15) is 0 Å². The molecule has 0 saturated carbocycles. The molecule has 104 valence electrons. The highest BCUT2D eigenvalue weighted by molar-refractivity contribution is 6.53. The molecular weight excluding hydrogens is 260 g/mol. The number of hydrogen-bond acceptors (Lipinski definition) is 6. The molecule has 0 aliphatic carbocycles. The van der Waals surface area contributed by atoms with Crippen LogP contribution in [0.25, 0.3) is 0 Å². The highest BCUT2D eigenvalue weighted by Crippen LogP contribution is 2.04. The van der Waals surface area contributed by atoms with Crippen LogP contribution in [0.15, 0.2) is 12.7 Å². The van der Waals surface area contributed by atoms with E-state index in [4.69, 9.17) is 26.6 Å². The zero-order valence-corrected chi connectivity index (χ0v) is 13.7. The van der Waals surface area contributed by atoms with Gasteiger partial charge in [-0.15, -0.1) is 6.58 Å². The second-order valence-electron chi connectivity index (χ2n) is 2.74. The van der Waals surface area contributed by atoms with Crippen LogP contribution < -0.4 is 0 Å². The fraction of sp³-hybridized carbons (Fsp3) is 0.778. The molecule has 0 saturated heterocycles. The van der Waals surface area contributed by atoms with E-state index < -0.39 is 18.3 Å². The van der Waals surface area contributed by atoms with Gasteiger partial charge in [0, 0.05) is 48.7 Å². The molecule has 8 heteroatoms. The van der Waals surface area contributed by atoms with Crippen molar-refractivity contribution >= 4 is 18.3 Å². The SMILES string of the molecule is C=CC[SiH](OC)OC.CO[Si](OC)(OC)OC. The van der Waals surface area contributed by atoms with E-state index in [-0.39, 0.29) is 0 Å². The minimum atomic E-state index is -2.69. The first kappa shape index (κ1) is 19.3. The smallest absolute Gasteiger partial charge is 0.400 e. The van der Waals surface area contributed by atoms with Gasteiger partial charge in [0.15, 0.2) is 0 Å². The predicted molar refractivity (Wildman–Crippen MR) is 70.0 cm³/mol. The van der Waals surface area contributed by atoms with Crippen LogP contribution in [0.3, 0.4) is 0 Å². The summed E-state index contributed by atoms with van der Waals surface area (Å²) in [5, 5.41) is 0. The van der Waals surface area contributed by atoms with E-state index in [2.05, 4.69) is 6.58 Å². The molecule has 0 aliphatic heterocycles. The zero-order chi connectivity index (χ0) is 13.7. The Morgan fingerprint density at radius 3 is 1.29 bits per heavy atom. The van der Waals surface area contributed by atoms with Crippen LogP contribution in [-0.4, -0.2) is 61.0 Å². The number of rotatable bonds is 8. The fourth-order valence-corrected chi connectivity index (χ4v) is 2.77. The van der Waals surface area contributed by atoms with Gasteiger partial charge in [-0.3, -0.25) is 0 Å². The third-order valence-electron chi connectivity index (χ3n) is 1.88. The molecule has 0 amide bonds. The molecule has 0 aromatic rings. The highest BCUT2D eigenvalue weighted by Gasteiger charge is 2.40. The van der Waals surface area contributed by atoms with Gasteiger partial charge in [0.1, 0.15) is 0 Å². The van der Waals surface area contributed by atoms with Crippen LogP contribution in [0.2, 0.25) is 6.04 Å². The lowest BCUT2D eigenvalue weighted by molar-refractivity contribution is 0.0226. The molecule has 0 atom stereocenters. The van der Waals surface area contributed by atoms with Gasteiger partial charge in [-0.2, -0.15) is 0 Å². The Hall–Kier alpha value is -0.0662. The summed E-state index contributed by atoms with van der Waals surface area (Å²) in [7, 11) is 5.29. The summed E-state index contributed by atoms with van der Waals surface area (Å²) in [6.07, 6.45) is 1.82. The standard InChI is InChI=1S/C5H12O2Si.C4H12O4Si/c1-4-5-8(6-2)7-3;1-5-9(6-2,7-3)8-4/h4,8H,1,5H2,2-3H3;1-4H3. The van der Waals surface area contributed by atoms with Gasteiger partial charge >= 0.3 is 18.3 Å². The Labute approximate surface area is 107 Å². The topological polar surface area (TPSA) is 55.4 Å². The molecule has 0 aliphatic rings. The summed E-state index contributed by atoms with van der Waals surface area (Å²) in [5.74, 6) is 0. The molecule has 0 N–H and O–H groups in total. The molecule has 0 fully saturated rings. The van der Waals surface area contributed by atoms with Crippen molar-refractivity contribution in [3.05, 3.63) is 12.7 Å². The number of allylic oxidation sites excluding steroid dienone is 1. The maximum Gasteiger partial charge on any atom is 0.678 e. The minimum Gasteiger partial charge on any atom is -0.400 e. The Bertz CT molecular complexity index is 155. The molecule has 0 radical (unpaired) electrons. The van der Waals surface area contributed by atoms with Crippen molar-refractivity contribution in [3.63, 3.8) is 0 Å². The molecule has 0 aromatic carbocycles. The van der Waals surface area contributed by atoms with Gasteiger partial charge in [-0.25, -0.2) is 0 Å². The molecule has 0 aromatic heterocycles. The Balaban J connectivity index is 0. The van der Waals surface area contributed by atoms with Crippen molar-refractivity contribution in [1.29, 1.82) is 0 Å². The molecule has 0 rings (SSSR count). The molecule has 6 nitrogen and oxygen atoms in total. The maximum atomic E-state index is 4.99. The van der Waals surface area contributed by atoms with Crippen LogP contribution in [0.4, 0.5) is 0 Å². The Kier molecular flexibility index (Phi) is 14.1. The number of hydrogen-bond donors (Lipinski definition) is 0. The molecule has 0 unspecified atom stereocenters. The van der Waals surface area contributed by atoms with Gasteiger partial charge in [0.2, 0.25) is 0 Å². The summed E-state index contributed by atoms with van der Waals surface area (Å²) in [6.45, 7) is 3.57. The van der Waals surface area contributed by atoms with Crippen molar-refractivity contribution in [1.82, 2.24) is 0 Å². The Morgan fingerprint density at radius 1 is 0.882 bits per heavy atom. The first-order valence-electron chi connectivity index (χ1n) is 4.96. The van der Waals surface area contributed by atoms with Crippen LogP contribution in [0, 0.1) is 0 Å². The Morgan fingerprint density at radius 2 is 1.24 bits per heavy atom. The van der Waals surface area contributed by atoms with Crippen molar-refractivity contribution in [2.75, 3.05) is 42.7 Å². The fourth-order valence-electron chi connectivity index (χ4n) is 0.925. The average Bonchev–Trinajstić information content (AvgIpc) is 2.40. The third-order valence-corrected chi connectivity index (χ3v) is 5.65. The zero-order valence-electron chi connectivity index (χ0n) is 11.5. The first-order valence-corrected chi connectivity index (χ1v) is 8.35. The van der Waals surface area contributed by atoms with E-state index >= 15 is 0 Å². The van der Waals surface area contributed by atoms with E-state index in [1.165, 1.54) is 28.4 Å². The summed E-state index contributed by atoms with van der Waals surface area (Å²) in [5.41, 5.74) is 0.